The first-order valence-corrected chi connectivity index (χ1v) is 5.51. The summed E-state index contributed by atoms with van der Waals surface area (Å²) in [6, 6.07) is 0. The number of hydrogen-bond donors (Lipinski definition) is 2. The van der Waals surface area contributed by atoms with Crippen molar-refractivity contribution in [1.82, 2.24) is 25.1 Å². The van der Waals surface area contributed by atoms with Crippen LogP contribution < -0.4 is 5.32 Å². The second kappa shape index (κ2) is 5.46. The van der Waals surface area contributed by atoms with Crippen LogP contribution in [0.3, 0.4) is 0 Å². The Hall–Kier alpha value is -1.62. The highest BCUT2D eigenvalue weighted by Gasteiger charge is 1.97. The topological polar surface area (TPSA) is 58.5 Å². The number of imidazole rings is 1. The van der Waals surface area contributed by atoms with Crippen LogP contribution in [0, 0.1) is 0 Å². The van der Waals surface area contributed by atoms with Crippen molar-refractivity contribution in [2.45, 2.75) is 19.4 Å². The molecule has 5 nitrogen and oxygen atoms in total. The van der Waals surface area contributed by atoms with E-state index in [-0.39, 0.29) is 0 Å². The molecule has 0 bridgehead atoms. The Morgan fingerprint density at radius 1 is 1.50 bits per heavy atom. The van der Waals surface area contributed by atoms with Gasteiger partial charge in [0.05, 0.1) is 12.7 Å². The van der Waals surface area contributed by atoms with Gasteiger partial charge in [-0.3, -0.25) is 4.68 Å². The first-order valence-electron chi connectivity index (χ1n) is 5.51. The number of aryl methyl sites for hydroxylation is 2. The van der Waals surface area contributed by atoms with Gasteiger partial charge < -0.3 is 10.3 Å². The molecule has 0 aliphatic carbocycles. The van der Waals surface area contributed by atoms with E-state index in [0.29, 0.717) is 0 Å². The summed E-state index contributed by atoms with van der Waals surface area (Å²) in [4.78, 5) is 7.21. The SMILES string of the molecule is Cn1cc(CCCNCc2ncc[nH]2)cn1. The van der Waals surface area contributed by atoms with Crippen molar-refractivity contribution in [3.8, 4) is 0 Å². The monoisotopic (exact) mass is 219 g/mol. The van der Waals surface area contributed by atoms with Gasteiger partial charge in [-0.15, -0.1) is 0 Å². The summed E-state index contributed by atoms with van der Waals surface area (Å²) in [5.74, 6) is 0.987. The maximum absolute atomic E-state index is 4.14. The second-order valence-electron chi connectivity index (χ2n) is 3.84. The van der Waals surface area contributed by atoms with Gasteiger partial charge in [0.25, 0.3) is 0 Å². The molecule has 0 fully saturated rings. The highest BCUT2D eigenvalue weighted by Crippen LogP contribution is 1.99. The predicted octanol–water partition coefficient (Wildman–Crippen LogP) is 0.866. The molecular formula is C11H17N5. The van der Waals surface area contributed by atoms with Crippen LogP contribution in [0.1, 0.15) is 17.8 Å². The third kappa shape index (κ3) is 3.20. The van der Waals surface area contributed by atoms with Crippen molar-refractivity contribution in [2.24, 2.45) is 7.05 Å². The van der Waals surface area contributed by atoms with E-state index in [1.165, 1.54) is 5.56 Å². The molecule has 2 aromatic heterocycles. The number of aromatic nitrogens is 4. The maximum atomic E-state index is 4.14. The van der Waals surface area contributed by atoms with Crippen molar-refractivity contribution in [3.05, 3.63) is 36.2 Å². The maximum Gasteiger partial charge on any atom is 0.120 e. The van der Waals surface area contributed by atoms with Gasteiger partial charge in [0.2, 0.25) is 0 Å². The summed E-state index contributed by atoms with van der Waals surface area (Å²) >= 11 is 0. The molecular weight excluding hydrogens is 202 g/mol. The Bertz CT molecular complexity index is 404. The Morgan fingerprint density at radius 2 is 2.44 bits per heavy atom. The van der Waals surface area contributed by atoms with Crippen LogP contribution >= 0.6 is 0 Å². The number of H-pyrrole nitrogens is 1. The molecule has 2 rings (SSSR count). The van der Waals surface area contributed by atoms with E-state index in [0.717, 1.165) is 31.8 Å². The van der Waals surface area contributed by atoms with Gasteiger partial charge in [-0.05, 0) is 24.9 Å². The van der Waals surface area contributed by atoms with E-state index in [2.05, 4.69) is 26.6 Å². The van der Waals surface area contributed by atoms with Crippen molar-refractivity contribution in [2.75, 3.05) is 6.54 Å². The van der Waals surface area contributed by atoms with E-state index in [9.17, 15) is 0 Å². The van der Waals surface area contributed by atoms with Crippen LogP contribution in [0.15, 0.2) is 24.8 Å². The molecule has 5 heteroatoms. The van der Waals surface area contributed by atoms with Crippen molar-refractivity contribution in [3.63, 3.8) is 0 Å². The lowest BCUT2D eigenvalue weighted by atomic mass is 10.2. The molecule has 0 saturated heterocycles. The quantitative estimate of drug-likeness (QED) is 0.709. The van der Waals surface area contributed by atoms with Crippen LogP contribution in [-0.4, -0.2) is 26.3 Å². The van der Waals surface area contributed by atoms with Crippen LogP contribution in [0.25, 0.3) is 0 Å². The second-order valence-corrected chi connectivity index (χ2v) is 3.84. The van der Waals surface area contributed by atoms with Crippen molar-refractivity contribution >= 4 is 0 Å². The van der Waals surface area contributed by atoms with E-state index in [1.54, 1.807) is 6.20 Å². The summed E-state index contributed by atoms with van der Waals surface area (Å²) in [6.07, 6.45) is 9.78. The molecule has 0 aliphatic heterocycles. The zero-order valence-electron chi connectivity index (χ0n) is 9.48. The number of aromatic amines is 1. The molecule has 0 radical (unpaired) electrons. The fourth-order valence-electron chi connectivity index (χ4n) is 1.62. The van der Waals surface area contributed by atoms with Gasteiger partial charge >= 0.3 is 0 Å². The Morgan fingerprint density at radius 3 is 3.12 bits per heavy atom. The fourth-order valence-corrected chi connectivity index (χ4v) is 1.62. The minimum absolute atomic E-state index is 0.806. The largest absolute Gasteiger partial charge is 0.348 e. The number of rotatable bonds is 6. The number of nitrogens with one attached hydrogen (secondary N) is 2. The molecule has 0 spiro atoms. The van der Waals surface area contributed by atoms with Crippen molar-refractivity contribution in [1.29, 1.82) is 0 Å². The minimum atomic E-state index is 0.806. The molecule has 2 N–H and O–H groups in total. The van der Waals surface area contributed by atoms with Crippen LogP contribution in [0.5, 0.6) is 0 Å². The molecule has 86 valence electrons. The first kappa shape index (κ1) is 10.9. The Labute approximate surface area is 94.9 Å². The lowest BCUT2D eigenvalue weighted by Crippen LogP contribution is -2.16. The lowest BCUT2D eigenvalue weighted by molar-refractivity contribution is 0.633. The molecule has 2 heterocycles. The van der Waals surface area contributed by atoms with Crippen molar-refractivity contribution < 1.29 is 0 Å². The van der Waals surface area contributed by atoms with E-state index >= 15 is 0 Å². The summed E-state index contributed by atoms with van der Waals surface area (Å²) < 4.78 is 1.84. The molecule has 2 aromatic rings. The first-order chi connectivity index (χ1) is 7.84. The third-order valence-electron chi connectivity index (χ3n) is 2.42. The summed E-state index contributed by atoms with van der Waals surface area (Å²) in [6.45, 7) is 1.80. The average molecular weight is 219 g/mol. The van der Waals surface area contributed by atoms with Crippen LogP contribution in [0.4, 0.5) is 0 Å². The molecule has 0 unspecified atom stereocenters. The highest BCUT2D eigenvalue weighted by molar-refractivity contribution is 5.03. The number of hydrogen-bond acceptors (Lipinski definition) is 3. The van der Waals surface area contributed by atoms with Gasteiger partial charge in [0.1, 0.15) is 5.82 Å². The molecule has 0 amide bonds. The van der Waals surface area contributed by atoms with E-state index < -0.39 is 0 Å². The number of nitrogens with zero attached hydrogens (tertiary/aromatic N) is 3. The predicted molar refractivity (Wildman–Crippen MR) is 61.8 cm³/mol. The van der Waals surface area contributed by atoms with E-state index in [1.807, 2.05) is 24.1 Å². The normalized spacial score (nSPS) is 10.8. The zero-order chi connectivity index (χ0) is 11.2. The lowest BCUT2D eigenvalue weighted by Gasteiger charge is -2.01. The van der Waals surface area contributed by atoms with Gasteiger partial charge in [-0.25, -0.2) is 4.98 Å². The Kier molecular flexibility index (Phi) is 3.71. The highest BCUT2D eigenvalue weighted by atomic mass is 15.2. The smallest absolute Gasteiger partial charge is 0.120 e. The molecule has 0 atom stereocenters. The van der Waals surface area contributed by atoms with Gasteiger partial charge in [0, 0.05) is 25.6 Å². The van der Waals surface area contributed by atoms with Crippen LogP contribution in [-0.2, 0) is 20.0 Å². The minimum Gasteiger partial charge on any atom is -0.348 e. The van der Waals surface area contributed by atoms with Gasteiger partial charge in [0.15, 0.2) is 0 Å². The molecule has 0 aromatic carbocycles. The molecule has 0 aliphatic rings. The molecule has 0 saturated carbocycles. The third-order valence-corrected chi connectivity index (χ3v) is 2.42. The van der Waals surface area contributed by atoms with E-state index in [4.69, 9.17) is 0 Å². The fraction of sp³-hybridized carbons (Fsp3) is 0.455. The van der Waals surface area contributed by atoms with Gasteiger partial charge in [-0.1, -0.05) is 0 Å². The summed E-state index contributed by atoms with van der Waals surface area (Å²) in [7, 11) is 1.94. The standard InChI is InChI=1S/C11H17N5/c1-16-9-10(7-15-16)3-2-4-12-8-11-13-5-6-14-11/h5-7,9,12H,2-4,8H2,1H3,(H,13,14). The summed E-state index contributed by atoms with van der Waals surface area (Å²) in [5, 5.41) is 7.48. The average Bonchev–Trinajstić information content (AvgIpc) is 2.89. The Balaban J connectivity index is 1.59. The zero-order valence-corrected chi connectivity index (χ0v) is 9.48. The van der Waals surface area contributed by atoms with Gasteiger partial charge in [-0.2, -0.15) is 5.10 Å². The molecule has 16 heavy (non-hydrogen) atoms. The summed E-state index contributed by atoms with van der Waals surface area (Å²) in [5.41, 5.74) is 1.29. The van der Waals surface area contributed by atoms with Crippen LogP contribution in [0.2, 0.25) is 0 Å².